The van der Waals surface area contributed by atoms with Crippen molar-refractivity contribution in [3.8, 4) is 0 Å². The zero-order valence-corrected chi connectivity index (χ0v) is 18.7. The van der Waals surface area contributed by atoms with Crippen molar-refractivity contribution in [2.75, 3.05) is 37.6 Å². The molecule has 0 bridgehead atoms. The topological polar surface area (TPSA) is 69.9 Å². The van der Waals surface area contributed by atoms with Crippen LogP contribution in [0.3, 0.4) is 0 Å². The van der Waals surface area contributed by atoms with Gasteiger partial charge in [-0.25, -0.2) is 0 Å². The predicted octanol–water partition coefficient (Wildman–Crippen LogP) is 3.44. The van der Waals surface area contributed by atoms with Gasteiger partial charge in [-0.2, -0.15) is 0 Å². The second-order valence-corrected chi connectivity index (χ2v) is 10.5. The summed E-state index contributed by atoms with van der Waals surface area (Å²) in [4.78, 5) is 31.8. The molecule has 1 aromatic carbocycles. The van der Waals surface area contributed by atoms with Gasteiger partial charge in [0.05, 0.1) is 5.39 Å². The number of nitrogens with zero attached hydrogens (tertiary/aromatic N) is 4. The first-order chi connectivity index (χ1) is 15.6. The van der Waals surface area contributed by atoms with Gasteiger partial charge in [0, 0.05) is 51.6 Å². The summed E-state index contributed by atoms with van der Waals surface area (Å²) in [6.07, 6.45) is 7.71. The molecule has 2 amide bonds. The first-order valence-corrected chi connectivity index (χ1v) is 12.3. The van der Waals surface area contributed by atoms with Gasteiger partial charge in [-0.15, -0.1) is 0 Å². The highest BCUT2D eigenvalue weighted by Crippen LogP contribution is 2.49. The van der Waals surface area contributed by atoms with Crippen molar-refractivity contribution in [2.24, 2.45) is 11.3 Å². The number of para-hydroxylation sites is 1. The molecule has 7 heteroatoms. The van der Waals surface area contributed by atoms with E-state index in [2.05, 4.69) is 21.0 Å². The van der Waals surface area contributed by atoms with Crippen LogP contribution in [0.1, 0.15) is 51.4 Å². The van der Waals surface area contributed by atoms with E-state index in [1.54, 1.807) is 4.90 Å². The lowest BCUT2D eigenvalue weighted by Crippen LogP contribution is -2.57. The zero-order chi connectivity index (χ0) is 21.7. The highest BCUT2D eigenvalue weighted by Gasteiger charge is 2.47. The van der Waals surface area contributed by atoms with Gasteiger partial charge >= 0.3 is 0 Å². The van der Waals surface area contributed by atoms with Crippen LogP contribution in [0, 0.1) is 11.3 Å². The van der Waals surface area contributed by atoms with Gasteiger partial charge in [0.25, 0.3) is 0 Å². The molecule has 170 valence electrons. The second kappa shape index (κ2) is 7.87. The molecule has 1 aliphatic carbocycles. The van der Waals surface area contributed by atoms with Crippen LogP contribution in [0.15, 0.2) is 28.8 Å². The van der Waals surface area contributed by atoms with Crippen molar-refractivity contribution < 1.29 is 14.1 Å². The number of piperazine rings is 1. The van der Waals surface area contributed by atoms with Crippen LogP contribution >= 0.6 is 0 Å². The van der Waals surface area contributed by atoms with Gasteiger partial charge in [-0.05, 0) is 55.6 Å². The Kier molecular flexibility index (Phi) is 4.97. The SMILES string of the molecule is O=C1CC2(CCC2)CC(=O)N1CCC1CCC2CN(c3noc4ccccc34)CCN2C1. The van der Waals surface area contributed by atoms with Gasteiger partial charge in [0.2, 0.25) is 11.8 Å². The molecule has 6 rings (SSSR count). The van der Waals surface area contributed by atoms with Crippen molar-refractivity contribution in [2.45, 2.75) is 57.4 Å². The Morgan fingerprint density at radius 2 is 1.84 bits per heavy atom. The van der Waals surface area contributed by atoms with E-state index >= 15 is 0 Å². The third-order valence-electron chi connectivity index (χ3n) is 8.49. The predicted molar refractivity (Wildman–Crippen MR) is 121 cm³/mol. The van der Waals surface area contributed by atoms with Crippen molar-refractivity contribution in [3.05, 3.63) is 24.3 Å². The number of fused-ring (bicyclic) bond motifs is 2. The van der Waals surface area contributed by atoms with Crippen LogP contribution in [0.2, 0.25) is 0 Å². The standard InChI is InChI=1S/C25H32N4O3/c30-22-14-25(9-3-10-25)15-23(31)29(22)11-8-18-6-7-19-17-28(13-12-27(19)16-18)24-20-4-1-2-5-21(20)32-26-24/h1-2,4-5,18-19H,3,6-17H2. The van der Waals surface area contributed by atoms with E-state index in [-0.39, 0.29) is 17.2 Å². The number of likely N-dealkylation sites (tertiary alicyclic amines) is 1. The van der Waals surface area contributed by atoms with E-state index in [0.717, 1.165) is 75.1 Å². The fraction of sp³-hybridized carbons (Fsp3) is 0.640. The van der Waals surface area contributed by atoms with Gasteiger partial charge in [-0.1, -0.05) is 23.7 Å². The molecule has 2 unspecified atom stereocenters. The van der Waals surface area contributed by atoms with Crippen molar-refractivity contribution >= 4 is 28.6 Å². The monoisotopic (exact) mass is 436 g/mol. The Morgan fingerprint density at radius 1 is 1.03 bits per heavy atom. The molecule has 1 spiro atoms. The maximum absolute atomic E-state index is 12.6. The second-order valence-electron chi connectivity index (χ2n) is 10.5. The van der Waals surface area contributed by atoms with E-state index in [4.69, 9.17) is 4.52 Å². The third-order valence-corrected chi connectivity index (χ3v) is 8.49. The summed E-state index contributed by atoms with van der Waals surface area (Å²) in [5.41, 5.74) is 0.871. The molecule has 7 nitrogen and oxygen atoms in total. The van der Waals surface area contributed by atoms with Crippen LogP contribution in [0.4, 0.5) is 5.82 Å². The van der Waals surface area contributed by atoms with Gasteiger partial charge in [0.1, 0.15) is 0 Å². The number of amides is 2. The summed E-state index contributed by atoms with van der Waals surface area (Å²) in [5, 5.41) is 5.44. The summed E-state index contributed by atoms with van der Waals surface area (Å²) in [6.45, 7) is 4.62. The highest BCUT2D eigenvalue weighted by atomic mass is 16.5. The van der Waals surface area contributed by atoms with E-state index in [0.29, 0.717) is 31.3 Å². The molecule has 0 radical (unpaired) electrons. The summed E-state index contributed by atoms with van der Waals surface area (Å²) in [7, 11) is 0. The molecule has 4 aliphatic rings. The summed E-state index contributed by atoms with van der Waals surface area (Å²) >= 11 is 0. The van der Waals surface area contributed by atoms with Gasteiger partial charge < -0.3 is 9.42 Å². The number of carbonyl (C=O) groups is 2. The molecule has 0 N–H and O–H groups in total. The third kappa shape index (κ3) is 3.51. The minimum atomic E-state index is 0.0254. The van der Waals surface area contributed by atoms with Crippen molar-refractivity contribution in [3.63, 3.8) is 0 Å². The van der Waals surface area contributed by atoms with E-state index in [1.165, 1.54) is 6.42 Å². The summed E-state index contributed by atoms with van der Waals surface area (Å²) in [5.74, 6) is 1.67. The first kappa shape index (κ1) is 20.2. The quantitative estimate of drug-likeness (QED) is 0.684. The molecule has 4 fully saturated rings. The van der Waals surface area contributed by atoms with Gasteiger partial charge in [-0.3, -0.25) is 19.4 Å². The Morgan fingerprint density at radius 3 is 2.62 bits per heavy atom. The zero-order valence-electron chi connectivity index (χ0n) is 18.7. The largest absolute Gasteiger partial charge is 0.354 e. The minimum absolute atomic E-state index is 0.0254. The lowest BCUT2D eigenvalue weighted by Gasteiger charge is -2.47. The number of aromatic nitrogens is 1. The maximum Gasteiger partial charge on any atom is 0.229 e. The lowest BCUT2D eigenvalue weighted by molar-refractivity contribution is -0.156. The molecule has 32 heavy (non-hydrogen) atoms. The Balaban J connectivity index is 1.03. The highest BCUT2D eigenvalue weighted by molar-refractivity contribution is 5.98. The number of hydrogen-bond donors (Lipinski definition) is 0. The number of benzene rings is 1. The fourth-order valence-corrected chi connectivity index (χ4v) is 6.41. The average molecular weight is 437 g/mol. The first-order valence-electron chi connectivity index (χ1n) is 12.3. The number of anilines is 1. The molecule has 1 aromatic heterocycles. The Hall–Kier alpha value is -2.41. The maximum atomic E-state index is 12.6. The molecular formula is C25H32N4O3. The Labute approximate surface area is 188 Å². The molecular weight excluding hydrogens is 404 g/mol. The molecule has 3 aliphatic heterocycles. The lowest BCUT2D eigenvalue weighted by atomic mass is 9.63. The molecule has 3 saturated heterocycles. The smallest absolute Gasteiger partial charge is 0.229 e. The van der Waals surface area contributed by atoms with Crippen molar-refractivity contribution in [1.29, 1.82) is 0 Å². The molecule has 2 atom stereocenters. The molecule has 1 saturated carbocycles. The van der Waals surface area contributed by atoms with Gasteiger partial charge in [0.15, 0.2) is 11.4 Å². The molecule has 4 heterocycles. The van der Waals surface area contributed by atoms with Crippen molar-refractivity contribution in [1.82, 2.24) is 15.0 Å². The number of piperidine rings is 2. The Bertz CT molecular complexity index is 1010. The number of rotatable bonds is 4. The number of imide groups is 1. The summed E-state index contributed by atoms with van der Waals surface area (Å²) < 4.78 is 5.52. The van der Waals surface area contributed by atoms with Crippen LogP contribution in [0.25, 0.3) is 11.0 Å². The fourth-order valence-electron chi connectivity index (χ4n) is 6.41. The van der Waals surface area contributed by atoms with Crippen LogP contribution in [0.5, 0.6) is 0 Å². The van der Waals surface area contributed by atoms with E-state index < -0.39 is 0 Å². The van der Waals surface area contributed by atoms with E-state index in [9.17, 15) is 9.59 Å². The average Bonchev–Trinajstić information content (AvgIpc) is 3.21. The molecule has 2 aromatic rings. The van der Waals surface area contributed by atoms with E-state index in [1.807, 2.05) is 18.2 Å². The minimum Gasteiger partial charge on any atom is -0.354 e. The number of hydrogen-bond acceptors (Lipinski definition) is 6. The van der Waals surface area contributed by atoms with Crippen LogP contribution in [-0.4, -0.2) is 65.5 Å². The van der Waals surface area contributed by atoms with Crippen LogP contribution < -0.4 is 4.90 Å². The summed E-state index contributed by atoms with van der Waals surface area (Å²) in [6, 6.07) is 8.60. The normalized spacial score (nSPS) is 28.2. The van der Waals surface area contributed by atoms with Crippen LogP contribution in [-0.2, 0) is 9.59 Å². The number of carbonyl (C=O) groups excluding carboxylic acids is 2.